The van der Waals surface area contributed by atoms with E-state index >= 15 is 0 Å². The monoisotopic (exact) mass is 680 g/mol. The lowest BCUT2D eigenvalue weighted by Gasteiger charge is -2.45. The minimum absolute atomic E-state index is 0.0263. The van der Waals surface area contributed by atoms with E-state index in [1.165, 1.54) is 0 Å². The van der Waals surface area contributed by atoms with Crippen molar-refractivity contribution in [3.63, 3.8) is 0 Å². The van der Waals surface area contributed by atoms with Crippen molar-refractivity contribution < 1.29 is 24.5 Å². The number of rotatable bonds is 8. The molecule has 0 bridgehead atoms. The molecule has 11 heteroatoms. The molecule has 0 spiro atoms. The van der Waals surface area contributed by atoms with Gasteiger partial charge >= 0.3 is 0 Å². The Hall–Kier alpha value is -1.91. The second kappa shape index (κ2) is 14.2. The molecule has 1 amide bonds. The molecular formula is C33H36Cl4N2O5. The van der Waals surface area contributed by atoms with E-state index in [1.54, 1.807) is 0 Å². The summed E-state index contributed by atoms with van der Waals surface area (Å²) in [6, 6.07) is 22.8. The van der Waals surface area contributed by atoms with Crippen molar-refractivity contribution in [3.8, 4) is 0 Å². The smallest absolute Gasteiger partial charge is 0.272 e. The third-order valence-corrected chi connectivity index (χ3v) is 9.36. The highest BCUT2D eigenvalue weighted by molar-refractivity contribution is 6.76. The fraction of sp³-hybridized carbons (Fsp3) is 0.424. The molecule has 3 N–H and O–H groups in total. The van der Waals surface area contributed by atoms with Crippen LogP contribution in [0.15, 0.2) is 72.8 Å². The molecule has 7 nitrogen and oxygen atoms in total. The summed E-state index contributed by atoms with van der Waals surface area (Å²) in [5.41, 5.74) is 3.51. The maximum absolute atomic E-state index is 11.9. The number of halogens is 4. The number of ether oxygens (including phenoxy) is 2. The van der Waals surface area contributed by atoms with Crippen molar-refractivity contribution >= 4 is 52.3 Å². The number of aliphatic hydroxyl groups is 2. The summed E-state index contributed by atoms with van der Waals surface area (Å²) in [5, 5.41) is 24.2. The Labute approximate surface area is 278 Å². The summed E-state index contributed by atoms with van der Waals surface area (Å²) in [6.07, 6.45) is 0.196. The second-order valence-electron chi connectivity index (χ2n) is 11.6. The molecule has 44 heavy (non-hydrogen) atoms. The van der Waals surface area contributed by atoms with Crippen molar-refractivity contribution in [2.24, 2.45) is 5.92 Å². The molecule has 2 aliphatic rings. The lowest BCUT2D eigenvalue weighted by Crippen LogP contribution is -2.49. The largest absolute Gasteiger partial charge is 0.392 e. The SMILES string of the molecule is C[C@H]1[C@@H](CN2CCC(O)(c3ccc(Cl)cc3)CC2)O[C@@H](c2ccc(CNC(=O)C(Cl)(Cl)Cl)cc2)O[C@H]1c1ccc(CO)cc1. The number of aliphatic hydroxyl groups excluding tert-OH is 1. The fourth-order valence-corrected chi connectivity index (χ4v) is 6.14. The zero-order valence-corrected chi connectivity index (χ0v) is 27.3. The van der Waals surface area contributed by atoms with E-state index in [4.69, 9.17) is 55.9 Å². The van der Waals surface area contributed by atoms with Crippen LogP contribution in [0.2, 0.25) is 5.02 Å². The quantitative estimate of drug-likeness (QED) is 0.232. The number of alkyl halides is 3. The van der Waals surface area contributed by atoms with Gasteiger partial charge in [-0.15, -0.1) is 0 Å². The Bertz CT molecular complexity index is 1390. The number of hydrogen-bond donors (Lipinski definition) is 3. The molecule has 0 radical (unpaired) electrons. The van der Waals surface area contributed by atoms with Gasteiger partial charge in [0.15, 0.2) is 6.29 Å². The van der Waals surface area contributed by atoms with Gasteiger partial charge in [-0.3, -0.25) is 4.79 Å². The highest BCUT2D eigenvalue weighted by atomic mass is 35.6. The Morgan fingerprint density at radius 3 is 2.11 bits per heavy atom. The number of hydrogen-bond acceptors (Lipinski definition) is 6. The van der Waals surface area contributed by atoms with E-state index in [9.17, 15) is 15.0 Å². The third-order valence-electron chi connectivity index (χ3n) is 8.59. The molecule has 2 aliphatic heterocycles. The van der Waals surface area contributed by atoms with Gasteiger partial charge in [-0.2, -0.15) is 0 Å². The van der Waals surface area contributed by atoms with E-state index in [1.807, 2.05) is 72.8 Å². The van der Waals surface area contributed by atoms with Crippen LogP contribution in [0.25, 0.3) is 0 Å². The number of carbonyl (C=O) groups is 1. The van der Waals surface area contributed by atoms with E-state index in [0.717, 1.165) is 40.9 Å². The van der Waals surface area contributed by atoms with Gasteiger partial charge in [-0.05, 0) is 47.2 Å². The highest BCUT2D eigenvalue weighted by Gasteiger charge is 2.41. The predicted molar refractivity (Wildman–Crippen MR) is 173 cm³/mol. The summed E-state index contributed by atoms with van der Waals surface area (Å²) in [4.78, 5) is 14.3. The molecule has 2 saturated heterocycles. The summed E-state index contributed by atoms with van der Waals surface area (Å²) in [7, 11) is 0. The van der Waals surface area contributed by atoms with E-state index in [2.05, 4.69) is 17.1 Å². The zero-order valence-electron chi connectivity index (χ0n) is 24.3. The van der Waals surface area contributed by atoms with Gasteiger partial charge in [-0.25, -0.2) is 0 Å². The Morgan fingerprint density at radius 1 is 0.932 bits per heavy atom. The lowest BCUT2D eigenvalue weighted by atomic mass is 9.84. The van der Waals surface area contributed by atoms with Crippen LogP contribution >= 0.6 is 46.4 Å². The normalized spacial score (nSPS) is 24.2. The molecule has 2 heterocycles. The van der Waals surface area contributed by atoms with Crippen molar-refractivity contribution in [2.45, 2.75) is 60.8 Å². The molecule has 4 atom stereocenters. The van der Waals surface area contributed by atoms with Gasteiger partial charge in [-0.1, -0.05) is 114 Å². The molecule has 0 aromatic heterocycles. The first-order valence-corrected chi connectivity index (χ1v) is 16.1. The van der Waals surface area contributed by atoms with Crippen molar-refractivity contribution in [1.82, 2.24) is 10.2 Å². The summed E-state index contributed by atoms with van der Waals surface area (Å²) < 4.78 is 11.2. The molecule has 3 aromatic rings. The van der Waals surface area contributed by atoms with Crippen LogP contribution in [0, 0.1) is 5.92 Å². The molecule has 2 fully saturated rings. The van der Waals surface area contributed by atoms with Crippen LogP contribution in [-0.4, -0.2) is 50.6 Å². The highest BCUT2D eigenvalue weighted by Crippen LogP contribution is 2.42. The van der Waals surface area contributed by atoms with Gasteiger partial charge in [0, 0.05) is 42.7 Å². The van der Waals surface area contributed by atoms with E-state index in [0.29, 0.717) is 24.4 Å². The van der Waals surface area contributed by atoms with Crippen molar-refractivity contribution in [2.75, 3.05) is 19.6 Å². The molecule has 3 aromatic carbocycles. The van der Waals surface area contributed by atoms with Crippen molar-refractivity contribution in [1.29, 1.82) is 0 Å². The molecule has 5 rings (SSSR count). The van der Waals surface area contributed by atoms with Crippen LogP contribution in [0.3, 0.4) is 0 Å². The van der Waals surface area contributed by atoms with Gasteiger partial charge in [0.1, 0.15) is 0 Å². The average Bonchev–Trinajstić information content (AvgIpc) is 3.02. The summed E-state index contributed by atoms with van der Waals surface area (Å²) >= 11 is 23.0. The number of nitrogens with zero attached hydrogens (tertiary/aromatic N) is 1. The number of likely N-dealkylation sites (tertiary alicyclic amines) is 1. The second-order valence-corrected chi connectivity index (χ2v) is 14.3. The summed E-state index contributed by atoms with van der Waals surface area (Å²) in [6.45, 7) is 4.45. The number of carbonyl (C=O) groups excluding carboxylic acids is 1. The van der Waals surface area contributed by atoms with Crippen LogP contribution in [0.4, 0.5) is 0 Å². The third kappa shape index (κ3) is 8.08. The zero-order chi connectivity index (χ0) is 31.5. The average molecular weight is 682 g/mol. The molecule has 236 valence electrons. The van der Waals surface area contributed by atoms with Crippen LogP contribution < -0.4 is 5.32 Å². The maximum Gasteiger partial charge on any atom is 0.272 e. The van der Waals surface area contributed by atoms with Crippen LogP contribution in [0.1, 0.15) is 60.0 Å². The first-order chi connectivity index (χ1) is 20.9. The van der Waals surface area contributed by atoms with Gasteiger partial charge in [0.25, 0.3) is 9.70 Å². The Morgan fingerprint density at radius 2 is 1.52 bits per heavy atom. The topological polar surface area (TPSA) is 91.3 Å². The van der Waals surface area contributed by atoms with Gasteiger partial charge in [0.05, 0.1) is 24.4 Å². The standard InChI is InChI=1S/C33H36Cl4N2O5/c1-21-28(19-39-16-14-32(42,15-17-39)26-10-12-27(34)13-11-26)43-30(44-29(21)24-6-4-23(20-40)5-7-24)25-8-2-22(3-9-25)18-38-31(41)33(35,36)37/h2-13,21,28-30,40,42H,14-20H2,1H3,(H,38,41)/t21-,28+,29+,30+/m0/s1. The van der Waals surface area contributed by atoms with Crippen LogP contribution in [0.5, 0.6) is 0 Å². The minimum atomic E-state index is -2.03. The molecule has 0 unspecified atom stereocenters. The Kier molecular flexibility index (Phi) is 10.8. The number of piperidine rings is 1. The first-order valence-electron chi connectivity index (χ1n) is 14.6. The lowest BCUT2D eigenvalue weighted by molar-refractivity contribution is -0.277. The number of nitrogens with one attached hydrogen (secondary N) is 1. The first kappa shape index (κ1) is 33.5. The number of amides is 1. The molecule has 0 saturated carbocycles. The Balaban J connectivity index is 1.30. The van der Waals surface area contributed by atoms with Gasteiger partial charge in [0.2, 0.25) is 0 Å². The van der Waals surface area contributed by atoms with E-state index < -0.39 is 21.6 Å². The van der Waals surface area contributed by atoms with Crippen molar-refractivity contribution in [3.05, 3.63) is 106 Å². The molecular weight excluding hydrogens is 646 g/mol. The predicted octanol–water partition coefficient (Wildman–Crippen LogP) is 6.59. The van der Waals surface area contributed by atoms with Crippen LogP contribution in [-0.2, 0) is 33.0 Å². The number of benzene rings is 3. The van der Waals surface area contributed by atoms with E-state index in [-0.39, 0.29) is 31.3 Å². The van der Waals surface area contributed by atoms with Gasteiger partial charge < -0.3 is 29.9 Å². The fourth-order valence-electron chi connectivity index (χ4n) is 5.81. The summed E-state index contributed by atoms with van der Waals surface area (Å²) in [5.74, 6) is -0.665. The maximum atomic E-state index is 11.9. The minimum Gasteiger partial charge on any atom is -0.392 e. The molecule has 0 aliphatic carbocycles.